The molecule has 0 bridgehead atoms. The minimum absolute atomic E-state index is 0.0694. The highest BCUT2D eigenvalue weighted by Gasteiger charge is 2.51. The number of rotatable bonds is 12. The van der Waals surface area contributed by atoms with Crippen molar-refractivity contribution in [3.63, 3.8) is 0 Å². The number of hydrogen-bond donors (Lipinski definition) is 3. The van der Waals surface area contributed by atoms with Gasteiger partial charge >= 0.3 is 11.9 Å². The maximum atomic E-state index is 11.4. The number of carboxylic acids is 2. The molecule has 5 heteroatoms. The minimum Gasteiger partial charge on any atom is -0.480 e. The summed E-state index contributed by atoms with van der Waals surface area (Å²) in [4.78, 5) is 22.7. The van der Waals surface area contributed by atoms with Gasteiger partial charge in [0.2, 0.25) is 0 Å². The van der Waals surface area contributed by atoms with Crippen molar-refractivity contribution in [3.05, 3.63) is 35.4 Å². The molecule has 1 aromatic carbocycles. The number of hydrogen-bond acceptors (Lipinski definition) is 3. The van der Waals surface area contributed by atoms with Crippen LogP contribution in [-0.4, -0.2) is 28.2 Å². The Bertz CT molecular complexity index is 597. The van der Waals surface area contributed by atoms with Gasteiger partial charge < -0.3 is 15.5 Å². The van der Waals surface area contributed by atoms with Crippen molar-refractivity contribution >= 4 is 11.9 Å². The van der Waals surface area contributed by atoms with Gasteiger partial charge in [-0.2, -0.15) is 0 Å². The third-order valence-electron chi connectivity index (χ3n) is 5.77. The first-order chi connectivity index (χ1) is 13.0. The van der Waals surface area contributed by atoms with Gasteiger partial charge in [-0.15, -0.1) is 0 Å². The van der Waals surface area contributed by atoms with Crippen LogP contribution < -0.4 is 5.32 Å². The fraction of sp³-hybridized carbons (Fsp3) is 0.636. The second-order valence-corrected chi connectivity index (χ2v) is 7.85. The summed E-state index contributed by atoms with van der Waals surface area (Å²) in [7, 11) is 0. The van der Waals surface area contributed by atoms with E-state index in [0.29, 0.717) is 13.0 Å². The molecule has 1 fully saturated rings. The molecule has 0 aromatic heterocycles. The number of nitrogens with one attached hydrogen (secondary N) is 1. The molecule has 1 aliphatic carbocycles. The lowest BCUT2D eigenvalue weighted by Gasteiger charge is -2.19. The lowest BCUT2D eigenvalue weighted by atomic mass is 9.86. The van der Waals surface area contributed by atoms with E-state index in [2.05, 4.69) is 36.5 Å². The summed E-state index contributed by atoms with van der Waals surface area (Å²) in [5.74, 6) is -2.45. The molecular formula is C22H33NO4. The van der Waals surface area contributed by atoms with Gasteiger partial charge in [0.1, 0.15) is 0 Å². The van der Waals surface area contributed by atoms with Crippen LogP contribution in [0.3, 0.4) is 0 Å². The molecule has 1 saturated carbocycles. The van der Waals surface area contributed by atoms with E-state index in [1.807, 2.05) is 0 Å². The van der Waals surface area contributed by atoms with E-state index in [1.54, 1.807) is 0 Å². The number of aliphatic carboxylic acids is 2. The fourth-order valence-corrected chi connectivity index (χ4v) is 3.90. The molecule has 1 unspecified atom stereocenters. The first-order valence-corrected chi connectivity index (χ1v) is 10.3. The first-order valence-electron chi connectivity index (χ1n) is 10.3. The second kappa shape index (κ2) is 10.5. The Hall–Kier alpha value is -1.88. The molecule has 5 nitrogen and oxygen atoms in total. The third-order valence-corrected chi connectivity index (χ3v) is 5.77. The van der Waals surface area contributed by atoms with Crippen molar-refractivity contribution in [1.29, 1.82) is 0 Å². The monoisotopic (exact) mass is 375 g/mol. The average Bonchev–Trinajstić information content (AvgIpc) is 3.10. The summed E-state index contributed by atoms with van der Waals surface area (Å²) in [6.45, 7) is 2.87. The first kappa shape index (κ1) is 21.4. The maximum absolute atomic E-state index is 11.4. The molecule has 1 aromatic rings. The van der Waals surface area contributed by atoms with E-state index >= 15 is 0 Å². The lowest BCUT2D eigenvalue weighted by molar-refractivity contribution is -0.164. The molecular weight excluding hydrogens is 342 g/mol. The smallest absolute Gasteiger partial charge is 0.321 e. The summed E-state index contributed by atoms with van der Waals surface area (Å²) in [6.07, 6.45) is 9.83. The third kappa shape index (κ3) is 6.06. The Labute approximate surface area is 162 Å². The Balaban J connectivity index is 1.73. The SMILES string of the molecule is CCCCCCCCc1ccc(CNC2CCC(C(=O)O)(C(=O)O)C2)cc1. The van der Waals surface area contributed by atoms with Crippen LogP contribution in [0.2, 0.25) is 0 Å². The van der Waals surface area contributed by atoms with Gasteiger partial charge in [-0.25, -0.2) is 0 Å². The van der Waals surface area contributed by atoms with Crippen LogP contribution >= 0.6 is 0 Å². The Morgan fingerprint density at radius 1 is 1.00 bits per heavy atom. The normalized spacial score (nSPS) is 18.5. The van der Waals surface area contributed by atoms with Crippen molar-refractivity contribution in [2.24, 2.45) is 5.41 Å². The number of carbonyl (C=O) groups is 2. The number of unbranched alkanes of at least 4 members (excludes halogenated alkanes) is 5. The zero-order valence-corrected chi connectivity index (χ0v) is 16.4. The summed E-state index contributed by atoms with van der Waals surface area (Å²) in [6, 6.07) is 8.47. The summed E-state index contributed by atoms with van der Waals surface area (Å²) >= 11 is 0. The Morgan fingerprint density at radius 2 is 1.59 bits per heavy atom. The van der Waals surface area contributed by atoms with Crippen LogP contribution in [0.5, 0.6) is 0 Å². The van der Waals surface area contributed by atoms with Crippen molar-refractivity contribution < 1.29 is 19.8 Å². The van der Waals surface area contributed by atoms with Crippen LogP contribution in [0, 0.1) is 5.41 Å². The van der Waals surface area contributed by atoms with Crippen molar-refractivity contribution in [2.75, 3.05) is 0 Å². The summed E-state index contributed by atoms with van der Waals surface area (Å²) in [5.41, 5.74) is 0.870. The van der Waals surface area contributed by atoms with E-state index in [0.717, 1.165) is 12.0 Å². The van der Waals surface area contributed by atoms with Crippen LogP contribution in [0.1, 0.15) is 75.8 Å². The van der Waals surface area contributed by atoms with E-state index in [1.165, 1.54) is 44.1 Å². The van der Waals surface area contributed by atoms with Gasteiger partial charge in [-0.1, -0.05) is 63.3 Å². The highest BCUT2D eigenvalue weighted by Crippen LogP contribution is 2.39. The van der Waals surface area contributed by atoms with Gasteiger partial charge in [0.25, 0.3) is 0 Å². The molecule has 0 amide bonds. The maximum Gasteiger partial charge on any atom is 0.321 e. The van der Waals surface area contributed by atoms with E-state index in [-0.39, 0.29) is 18.9 Å². The Kier molecular flexibility index (Phi) is 8.29. The van der Waals surface area contributed by atoms with Gasteiger partial charge in [-0.3, -0.25) is 9.59 Å². The van der Waals surface area contributed by atoms with Crippen molar-refractivity contribution in [3.8, 4) is 0 Å². The molecule has 2 rings (SSSR count). The largest absolute Gasteiger partial charge is 0.480 e. The van der Waals surface area contributed by atoms with Gasteiger partial charge in [0.15, 0.2) is 5.41 Å². The van der Waals surface area contributed by atoms with Crippen LogP contribution in [0.4, 0.5) is 0 Å². The quantitative estimate of drug-likeness (QED) is 0.373. The molecule has 0 saturated heterocycles. The average molecular weight is 376 g/mol. The van der Waals surface area contributed by atoms with Crippen LogP contribution in [0.15, 0.2) is 24.3 Å². The number of carboxylic acid groups (broad SMARTS) is 2. The van der Waals surface area contributed by atoms with Crippen LogP contribution in [0.25, 0.3) is 0 Å². The molecule has 0 radical (unpaired) electrons. The number of aryl methyl sites for hydroxylation is 1. The van der Waals surface area contributed by atoms with E-state index in [4.69, 9.17) is 0 Å². The highest BCUT2D eigenvalue weighted by molar-refractivity contribution is 5.98. The molecule has 0 heterocycles. The topological polar surface area (TPSA) is 86.6 Å². The zero-order valence-electron chi connectivity index (χ0n) is 16.4. The molecule has 1 atom stereocenters. The van der Waals surface area contributed by atoms with Crippen molar-refractivity contribution in [2.45, 2.75) is 83.7 Å². The number of benzene rings is 1. The second-order valence-electron chi connectivity index (χ2n) is 7.85. The van der Waals surface area contributed by atoms with E-state index in [9.17, 15) is 19.8 Å². The van der Waals surface area contributed by atoms with Crippen molar-refractivity contribution in [1.82, 2.24) is 5.32 Å². The predicted molar refractivity (Wildman–Crippen MR) is 106 cm³/mol. The molecule has 150 valence electrons. The van der Waals surface area contributed by atoms with Gasteiger partial charge in [-0.05, 0) is 43.2 Å². The summed E-state index contributed by atoms with van der Waals surface area (Å²) in [5, 5.41) is 21.9. The molecule has 1 aliphatic rings. The molecule has 0 aliphatic heterocycles. The predicted octanol–water partition coefficient (Wildman–Crippen LogP) is 4.39. The summed E-state index contributed by atoms with van der Waals surface area (Å²) < 4.78 is 0. The highest BCUT2D eigenvalue weighted by atomic mass is 16.4. The molecule has 0 spiro atoms. The van der Waals surface area contributed by atoms with Crippen LogP contribution in [-0.2, 0) is 22.6 Å². The Morgan fingerprint density at radius 3 is 2.19 bits per heavy atom. The van der Waals surface area contributed by atoms with Gasteiger partial charge in [0, 0.05) is 12.6 Å². The van der Waals surface area contributed by atoms with E-state index < -0.39 is 17.4 Å². The fourth-order valence-electron chi connectivity index (χ4n) is 3.90. The standard InChI is InChI=1S/C22H33NO4/c1-2-3-4-5-6-7-8-17-9-11-18(12-10-17)16-23-19-13-14-22(15-19,20(24)25)21(26)27/h9-12,19,23H,2-8,13-16H2,1H3,(H,24,25)(H,26,27). The zero-order chi connectivity index (χ0) is 19.7. The lowest BCUT2D eigenvalue weighted by Crippen LogP contribution is -2.39. The van der Waals surface area contributed by atoms with Gasteiger partial charge in [0.05, 0.1) is 0 Å². The molecule has 27 heavy (non-hydrogen) atoms. The molecule has 3 N–H and O–H groups in total. The minimum atomic E-state index is -1.63.